The zero-order valence-corrected chi connectivity index (χ0v) is 14.5. The van der Waals surface area contributed by atoms with Crippen LogP contribution in [0.15, 0.2) is 18.5 Å². The van der Waals surface area contributed by atoms with Gasteiger partial charge in [0.2, 0.25) is 0 Å². The van der Waals surface area contributed by atoms with E-state index in [0.29, 0.717) is 10.7 Å². The highest BCUT2D eigenvalue weighted by atomic mass is 79.9. The molecule has 3 heterocycles. The zero-order valence-electron chi connectivity index (χ0n) is 13.0. The Balaban J connectivity index is 1.87. The third-order valence-corrected chi connectivity index (χ3v) is 5.22. The fraction of sp³-hybridized carbons (Fsp3) is 0.625. The van der Waals surface area contributed by atoms with Gasteiger partial charge in [-0.3, -0.25) is 0 Å². The van der Waals surface area contributed by atoms with E-state index in [4.69, 9.17) is 0 Å². The summed E-state index contributed by atoms with van der Waals surface area (Å²) in [5, 5.41) is 4.65. The minimum atomic E-state index is 0.442. The van der Waals surface area contributed by atoms with Crippen molar-refractivity contribution in [1.29, 1.82) is 0 Å². The number of fused-ring (bicyclic) bond motifs is 1. The third kappa shape index (κ3) is 2.93. The lowest BCUT2D eigenvalue weighted by atomic mass is 9.94. The summed E-state index contributed by atoms with van der Waals surface area (Å²) in [6, 6.07) is 2.19. The summed E-state index contributed by atoms with van der Waals surface area (Å²) in [6.45, 7) is 8.77. The van der Waals surface area contributed by atoms with E-state index in [2.05, 4.69) is 57.8 Å². The van der Waals surface area contributed by atoms with Gasteiger partial charge in [-0.2, -0.15) is 5.10 Å². The Morgan fingerprint density at radius 3 is 2.57 bits per heavy atom. The number of hydrogen-bond acceptors (Lipinski definition) is 3. The van der Waals surface area contributed by atoms with Crippen molar-refractivity contribution >= 4 is 27.3 Å². The molecule has 4 nitrogen and oxygen atoms in total. The second kappa shape index (κ2) is 5.95. The lowest BCUT2D eigenvalue weighted by Gasteiger charge is -2.34. The molecule has 1 saturated heterocycles. The summed E-state index contributed by atoms with van der Waals surface area (Å²) >= 11 is 3.72. The summed E-state index contributed by atoms with van der Waals surface area (Å²) in [4.78, 5) is 7.64. The minimum absolute atomic E-state index is 0.442. The number of rotatable bonds is 3. The molecule has 0 aliphatic carbocycles. The van der Waals surface area contributed by atoms with Crippen LogP contribution in [0.4, 0.5) is 5.82 Å². The van der Waals surface area contributed by atoms with E-state index >= 15 is 0 Å². The van der Waals surface area contributed by atoms with Gasteiger partial charge in [0.15, 0.2) is 5.82 Å². The summed E-state index contributed by atoms with van der Waals surface area (Å²) in [7, 11) is 0. The molecule has 0 N–H and O–H groups in total. The molecule has 0 spiro atoms. The van der Waals surface area contributed by atoms with Gasteiger partial charge < -0.3 is 4.90 Å². The Labute approximate surface area is 134 Å². The molecule has 2 aromatic heterocycles. The molecule has 0 aromatic carbocycles. The fourth-order valence-electron chi connectivity index (χ4n) is 3.02. The topological polar surface area (TPSA) is 33.4 Å². The largest absolute Gasteiger partial charge is 0.355 e. The van der Waals surface area contributed by atoms with Crippen molar-refractivity contribution in [3.05, 3.63) is 24.2 Å². The first-order valence-electron chi connectivity index (χ1n) is 7.79. The van der Waals surface area contributed by atoms with E-state index in [1.165, 1.54) is 12.8 Å². The number of nitrogens with zero attached hydrogens (tertiary/aromatic N) is 4. The Hall–Kier alpha value is -1.10. The lowest BCUT2D eigenvalue weighted by Crippen LogP contribution is -2.36. The molecule has 114 valence electrons. The third-order valence-electron chi connectivity index (χ3n) is 4.47. The molecular formula is C16H23BrN4. The Bertz CT molecular complexity index is 612. The van der Waals surface area contributed by atoms with E-state index in [0.717, 1.165) is 36.0 Å². The molecule has 0 bridgehead atoms. The Morgan fingerprint density at radius 2 is 1.95 bits per heavy atom. The van der Waals surface area contributed by atoms with Crippen LogP contribution in [-0.2, 0) is 0 Å². The summed E-state index contributed by atoms with van der Waals surface area (Å²) in [6.07, 6.45) is 6.25. The van der Waals surface area contributed by atoms with Gasteiger partial charge in [-0.1, -0.05) is 36.7 Å². The van der Waals surface area contributed by atoms with E-state index < -0.39 is 0 Å². The van der Waals surface area contributed by atoms with Gasteiger partial charge in [-0.25, -0.2) is 9.50 Å². The van der Waals surface area contributed by atoms with Gasteiger partial charge in [0.05, 0.1) is 5.69 Å². The van der Waals surface area contributed by atoms with Crippen LogP contribution in [0, 0.1) is 5.92 Å². The van der Waals surface area contributed by atoms with Crippen LogP contribution in [-0.4, -0.2) is 32.5 Å². The first-order chi connectivity index (χ1) is 10.1. The second-order valence-corrected chi connectivity index (χ2v) is 7.75. The van der Waals surface area contributed by atoms with Crippen LogP contribution >= 0.6 is 15.9 Å². The average Bonchev–Trinajstić information content (AvgIpc) is 2.91. The number of aromatic nitrogens is 3. The maximum atomic E-state index is 4.65. The van der Waals surface area contributed by atoms with Crippen LogP contribution in [0.1, 0.15) is 45.2 Å². The average molecular weight is 351 g/mol. The van der Waals surface area contributed by atoms with Gasteiger partial charge in [-0.05, 0) is 30.7 Å². The first-order valence-corrected chi connectivity index (χ1v) is 8.71. The molecule has 0 radical (unpaired) electrons. The quantitative estimate of drug-likeness (QED) is 0.788. The number of hydrogen-bond donors (Lipinski definition) is 0. The fourth-order valence-corrected chi connectivity index (χ4v) is 3.55. The maximum Gasteiger partial charge on any atom is 0.154 e. The normalized spacial score (nSPS) is 18.6. The monoisotopic (exact) mass is 350 g/mol. The van der Waals surface area contributed by atoms with E-state index in [1.807, 2.05) is 16.9 Å². The van der Waals surface area contributed by atoms with Gasteiger partial charge in [-0.15, -0.1) is 0 Å². The van der Waals surface area contributed by atoms with Crippen molar-refractivity contribution < 1.29 is 0 Å². The second-order valence-electron chi connectivity index (χ2n) is 6.31. The van der Waals surface area contributed by atoms with Crippen molar-refractivity contribution in [1.82, 2.24) is 14.6 Å². The van der Waals surface area contributed by atoms with Crippen LogP contribution in [0.3, 0.4) is 0 Å². The molecule has 21 heavy (non-hydrogen) atoms. The van der Waals surface area contributed by atoms with Crippen molar-refractivity contribution in [3.8, 4) is 0 Å². The highest BCUT2D eigenvalue weighted by molar-refractivity contribution is 9.09. The molecule has 0 amide bonds. The molecule has 2 aromatic rings. The van der Waals surface area contributed by atoms with Gasteiger partial charge in [0.25, 0.3) is 0 Å². The van der Waals surface area contributed by atoms with Crippen molar-refractivity contribution in [2.75, 3.05) is 18.0 Å². The smallest absolute Gasteiger partial charge is 0.154 e. The highest BCUT2D eigenvalue weighted by Crippen LogP contribution is 2.29. The van der Waals surface area contributed by atoms with Gasteiger partial charge in [0.1, 0.15) is 5.52 Å². The molecule has 1 fully saturated rings. The van der Waals surface area contributed by atoms with Crippen LogP contribution in [0.2, 0.25) is 0 Å². The van der Waals surface area contributed by atoms with Crippen LogP contribution in [0.25, 0.3) is 5.52 Å². The molecule has 1 unspecified atom stereocenters. The summed E-state index contributed by atoms with van der Waals surface area (Å²) < 4.78 is 1.97. The number of halogens is 1. The maximum absolute atomic E-state index is 4.65. The number of anilines is 1. The molecular weight excluding hydrogens is 328 g/mol. The Morgan fingerprint density at radius 1 is 1.24 bits per heavy atom. The highest BCUT2D eigenvalue weighted by Gasteiger charge is 2.24. The van der Waals surface area contributed by atoms with Crippen LogP contribution < -0.4 is 4.90 Å². The Kier molecular flexibility index (Phi) is 4.20. The van der Waals surface area contributed by atoms with Crippen LogP contribution in [0.5, 0.6) is 0 Å². The van der Waals surface area contributed by atoms with Gasteiger partial charge in [0, 0.05) is 30.3 Å². The first kappa shape index (κ1) is 14.8. The van der Waals surface area contributed by atoms with E-state index in [-0.39, 0.29) is 0 Å². The predicted molar refractivity (Wildman–Crippen MR) is 90.4 cm³/mol. The number of alkyl halides is 1. The molecule has 3 rings (SSSR count). The van der Waals surface area contributed by atoms with Crippen molar-refractivity contribution in [2.45, 2.75) is 44.4 Å². The predicted octanol–water partition coefficient (Wildman–Crippen LogP) is 3.85. The minimum Gasteiger partial charge on any atom is -0.355 e. The molecule has 5 heteroatoms. The molecule has 1 atom stereocenters. The van der Waals surface area contributed by atoms with Crippen molar-refractivity contribution in [2.24, 2.45) is 5.92 Å². The van der Waals surface area contributed by atoms with Crippen molar-refractivity contribution in [3.63, 3.8) is 0 Å². The zero-order chi connectivity index (χ0) is 15.0. The molecule has 1 aliphatic heterocycles. The lowest BCUT2D eigenvalue weighted by molar-refractivity contribution is 0.406. The standard InChI is InChI=1S/C16H23BrN4/c1-11(2)14-10-15-16(18-6-9-21(15)19-14)20-7-4-13(5-8-20)12(3)17/h6,9-13H,4-5,7-8H2,1-3H3. The van der Waals surface area contributed by atoms with E-state index in [9.17, 15) is 0 Å². The number of piperidine rings is 1. The summed E-state index contributed by atoms with van der Waals surface area (Å²) in [5.74, 6) is 2.30. The summed E-state index contributed by atoms with van der Waals surface area (Å²) in [5.41, 5.74) is 2.26. The SMILES string of the molecule is CC(C)c1cc2c(N3CCC(C(C)Br)CC3)nccn2n1. The molecule has 0 saturated carbocycles. The van der Waals surface area contributed by atoms with Gasteiger partial charge >= 0.3 is 0 Å². The van der Waals surface area contributed by atoms with E-state index in [1.54, 1.807) is 0 Å². The molecule has 1 aliphatic rings.